The molecule has 1 aliphatic carbocycles. The van der Waals surface area contributed by atoms with Gasteiger partial charge in [0.15, 0.2) is 5.16 Å². The van der Waals surface area contributed by atoms with Crippen LogP contribution in [0.3, 0.4) is 0 Å². The number of nitrogens with zero attached hydrogens (tertiary/aromatic N) is 3. The first-order valence-electron chi connectivity index (χ1n) is 8.64. The van der Waals surface area contributed by atoms with Crippen LogP contribution in [0.2, 0.25) is 5.02 Å². The zero-order chi connectivity index (χ0) is 19.4. The highest BCUT2D eigenvalue weighted by Crippen LogP contribution is 2.29. The summed E-state index contributed by atoms with van der Waals surface area (Å²) in [6.45, 7) is 3.97. The van der Waals surface area contributed by atoms with Crippen molar-refractivity contribution in [3.8, 4) is 6.07 Å². The molecule has 3 rings (SSSR count). The van der Waals surface area contributed by atoms with Crippen molar-refractivity contribution in [1.29, 1.82) is 5.26 Å². The van der Waals surface area contributed by atoms with Crippen LogP contribution in [0.5, 0.6) is 0 Å². The predicted octanol–water partition coefficient (Wildman–Crippen LogP) is 3.28. The number of carbonyl (C=O) groups excluding carboxylic acids is 1. The molecule has 0 aliphatic heterocycles. The highest BCUT2D eigenvalue weighted by molar-refractivity contribution is 7.99. The molecule has 1 aromatic heterocycles. The average Bonchev–Trinajstić information content (AvgIpc) is 3.11. The van der Waals surface area contributed by atoms with E-state index in [1.807, 2.05) is 0 Å². The molecular formula is C19H19ClN4O2S. The number of carbonyl (C=O) groups is 1. The topological polar surface area (TPSA) is 87.8 Å². The molecule has 1 aliphatic rings. The minimum Gasteiger partial charge on any atom is -0.337 e. The summed E-state index contributed by atoms with van der Waals surface area (Å²) < 4.78 is 1.48. The zero-order valence-corrected chi connectivity index (χ0v) is 16.3. The van der Waals surface area contributed by atoms with Gasteiger partial charge in [-0.3, -0.25) is 14.2 Å². The van der Waals surface area contributed by atoms with Crippen LogP contribution in [0.1, 0.15) is 25.7 Å². The minimum atomic E-state index is -0.761. The quantitative estimate of drug-likeness (QED) is 0.455. The Morgan fingerprint density at radius 3 is 2.89 bits per heavy atom. The summed E-state index contributed by atoms with van der Waals surface area (Å²) in [6, 6.07) is 7.16. The number of aromatic nitrogens is 2. The first kappa shape index (κ1) is 19.5. The van der Waals surface area contributed by atoms with Gasteiger partial charge in [-0.2, -0.15) is 5.26 Å². The molecule has 0 saturated heterocycles. The maximum atomic E-state index is 12.7. The number of amides is 1. The molecule has 27 heavy (non-hydrogen) atoms. The van der Waals surface area contributed by atoms with Crippen molar-refractivity contribution >= 4 is 40.2 Å². The molecule has 1 amide bonds. The van der Waals surface area contributed by atoms with Gasteiger partial charge in [-0.1, -0.05) is 29.4 Å². The number of nitriles is 1. The van der Waals surface area contributed by atoms with Crippen molar-refractivity contribution in [2.75, 3.05) is 5.75 Å². The van der Waals surface area contributed by atoms with Gasteiger partial charge >= 0.3 is 0 Å². The monoisotopic (exact) mass is 402 g/mol. The van der Waals surface area contributed by atoms with E-state index in [1.165, 1.54) is 4.57 Å². The maximum absolute atomic E-state index is 12.7. The van der Waals surface area contributed by atoms with E-state index in [0.29, 0.717) is 33.9 Å². The van der Waals surface area contributed by atoms with E-state index in [4.69, 9.17) is 11.6 Å². The third kappa shape index (κ3) is 4.18. The van der Waals surface area contributed by atoms with E-state index in [2.05, 4.69) is 22.9 Å². The number of nitrogens with one attached hydrogen (secondary N) is 1. The Kier molecular flexibility index (Phi) is 5.88. The standard InChI is InChI=1S/C19H19ClN4O2S/c1-2-9-24-17(26)14-6-5-13(20)10-15(14)22-18(24)27-11-16(25)23-19(12-21)7-3-4-8-19/h2,5-6,10H,1,3-4,7-9,11H2,(H,23,25). The molecule has 0 radical (unpaired) electrons. The lowest BCUT2D eigenvalue weighted by Gasteiger charge is -2.21. The first-order chi connectivity index (χ1) is 13.0. The smallest absolute Gasteiger partial charge is 0.262 e. The lowest BCUT2D eigenvalue weighted by atomic mass is 10.0. The van der Waals surface area contributed by atoms with Crippen LogP contribution in [-0.4, -0.2) is 26.8 Å². The summed E-state index contributed by atoms with van der Waals surface area (Å²) in [5.74, 6) is -0.173. The Morgan fingerprint density at radius 1 is 1.48 bits per heavy atom. The van der Waals surface area contributed by atoms with Crippen molar-refractivity contribution < 1.29 is 4.79 Å². The van der Waals surface area contributed by atoms with E-state index in [-0.39, 0.29) is 23.8 Å². The van der Waals surface area contributed by atoms with Crippen LogP contribution in [0.15, 0.2) is 40.8 Å². The average molecular weight is 403 g/mol. The Labute approximate surface area is 166 Å². The van der Waals surface area contributed by atoms with Gasteiger partial charge in [0.05, 0.1) is 22.7 Å². The van der Waals surface area contributed by atoms with E-state index in [0.717, 1.165) is 24.6 Å². The van der Waals surface area contributed by atoms with Crippen molar-refractivity contribution in [3.05, 3.63) is 46.2 Å². The summed E-state index contributed by atoms with van der Waals surface area (Å²) >= 11 is 7.17. The Morgan fingerprint density at radius 2 is 2.22 bits per heavy atom. The normalized spacial score (nSPS) is 15.4. The van der Waals surface area contributed by atoms with Gasteiger partial charge in [-0.05, 0) is 43.9 Å². The molecular weight excluding hydrogens is 384 g/mol. The van der Waals surface area contributed by atoms with E-state index in [1.54, 1.807) is 24.3 Å². The summed E-state index contributed by atoms with van der Waals surface area (Å²) in [5, 5.41) is 13.6. The van der Waals surface area contributed by atoms with Gasteiger partial charge in [-0.15, -0.1) is 6.58 Å². The summed E-state index contributed by atoms with van der Waals surface area (Å²) in [5.41, 5.74) is -0.480. The van der Waals surface area contributed by atoms with Gasteiger partial charge in [0, 0.05) is 11.6 Å². The van der Waals surface area contributed by atoms with Crippen molar-refractivity contribution in [3.63, 3.8) is 0 Å². The molecule has 1 saturated carbocycles. The van der Waals surface area contributed by atoms with Gasteiger partial charge in [-0.25, -0.2) is 4.98 Å². The molecule has 1 aromatic carbocycles. The van der Waals surface area contributed by atoms with Crippen LogP contribution < -0.4 is 10.9 Å². The minimum absolute atomic E-state index is 0.0685. The Hall–Kier alpha value is -2.30. The van der Waals surface area contributed by atoms with Crippen LogP contribution in [0.4, 0.5) is 0 Å². The van der Waals surface area contributed by atoms with Crippen LogP contribution in [0.25, 0.3) is 10.9 Å². The molecule has 0 unspecified atom stereocenters. The first-order valence-corrected chi connectivity index (χ1v) is 10.0. The fraction of sp³-hybridized carbons (Fsp3) is 0.368. The van der Waals surface area contributed by atoms with Crippen molar-refractivity contribution in [2.24, 2.45) is 0 Å². The second kappa shape index (κ2) is 8.15. The Balaban J connectivity index is 1.84. The number of hydrogen-bond donors (Lipinski definition) is 1. The van der Waals surface area contributed by atoms with Crippen LogP contribution in [-0.2, 0) is 11.3 Å². The van der Waals surface area contributed by atoms with Crippen molar-refractivity contribution in [1.82, 2.24) is 14.9 Å². The SMILES string of the molecule is C=CCn1c(SCC(=O)NC2(C#N)CCCC2)nc2cc(Cl)ccc2c1=O. The second-order valence-corrected chi connectivity index (χ2v) is 7.88. The van der Waals surface area contributed by atoms with Crippen molar-refractivity contribution in [2.45, 2.75) is 42.9 Å². The summed E-state index contributed by atoms with van der Waals surface area (Å²) in [4.78, 5) is 29.6. The fourth-order valence-corrected chi connectivity index (χ4v) is 4.23. The van der Waals surface area contributed by atoms with Crippen LogP contribution in [0, 0.1) is 11.3 Å². The number of allylic oxidation sites excluding steroid dienone is 1. The molecule has 1 fully saturated rings. The van der Waals surface area contributed by atoms with E-state index >= 15 is 0 Å². The lowest BCUT2D eigenvalue weighted by molar-refractivity contribution is -0.119. The molecule has 0 bridgehead atoms. The molecule has 140 valence electrons. The number of halogens is 1. The van der Waals surface area contributed by atoms with Gasteiger partial charge in [0.25, 0.3) is 5.56 Å². The molecule has 6 nitrogen and oxygen atoms in total. The largest absolute Gasteiger partial charge is 0.337 e. The zero-order valence-electron chi connectivity index (χ0n) is 14.7. The molecule has 0 atom stereocenters. The van der Waals surface area contributed by atoms with E-state index < -0.39 is 5.54 Å². The number of hydrogen-bond acceptors (Lipinski definition) is 5. The highest BCUT2D eigenvalue weighted by Gasteiger charge is 2.35. The molecule has 1 N–H and O–H groups in total. The number of fused-ring (bicyclic) bond motifs is 1. The number of benzene rings is 1. The number of rotatable bonds is 6. The molecule has 2 aromatic rings. The molecule has 8 heteroatoms. The maximum Gasteiger partial charge on any atom is 0.262 e. The van der Waals surface area contributed by atoms with E-state index in [9.17, 15) is 14.9 Å². The summed E-state index contributed by atoms with van der Waals surface area (Å²) in [6.07, 6.45) is 4.83. The second-order valence-electron chi connectivity index (χ2n) is 6.50. The third-order valence-electron chi connectivity index (χ3n) is 4.58. The fourth-order valence-electron chi connectivity index (χ4n) is 3.25. The predicted molar refractivity (Wildman–Crippen MR) is 107 cm³/mol. The van der Waals surface area contributed by atoms with Gasteiger partial charge in [0.1, 0.15) is 5.54 Å². The number of thioether (sulfide) groups is 1. The van der Waals surface area contributed by atoms with Gasteiger partial charge < -0.3 is 5.32 Å². The summed E-state index contributed by atoms with van der Waals surface area (Å²) in [7, 11) is 0. The molecule has 1 heterocycles. The van der Waals surface area contributed by atoms with Crippen LogP contribution >= 0.6 is 23.4 Å². The molecule has 0 spiro atoms. The highest BCUT2D eigenvalue weighted by atomic mass is 35.5. The Bertz CT molecular complexity index is 990. The third-order valence-corrected chi connectivity index (χ3v) is 5.79. The van der Waals surface area contributed by atoms with Gasteiger partial charge in [0.2, 0.25) is 5.91 Å². The lowest BCUT2D eigenvalue weighted by Crippen LogP contribution is -2.45.